The van der Waals surface area contributed by atoms with Gasteiger partial charge in [-0.1, -0.05) is 6.42 Å². The van der Waals surface area contributed by atoms with E-state index in [1.807, 2.05) is 0 Å². The van der Waals surface area contributed by atoms with Crippen LogP contribution >= 0.6 is 0 Å². The second-order valence-electron chi connectivity index (χ2n) is 5.44. The SMILES string of the molecule is CC1CC2CNCC2N1C(=O)C1CCC1. The summed E-state index contributed by atoms with van der Waals surface area (Å²) in [5.41, 5.74) is 0. The first-order chi connectivity index (χ1) is 7.27. The van der Waals surface area contributed by atoms with Gasteiger partial charge < -0.3 is 10.2 Å². The first-order valence-electron chi connectivity index (χ1n) is 6.30. The maximum absolute atomic E-state index is 12.3. The molecule has 1 saturated carbocycles. The largest absolute Gasteiger partial charge is 0.335 e. The van der Waals surface area contributed by atoms with E-state index in [4.69, 9.17) is 0 Å². The molecule has 3 unspecified atom stereocenters. The highest BCUT2D eigenvalue weighted by Gasteiger charge is 2.46. The van der Waals surface area contributed by atoms with Crippen LogP contribution in [-0.2, 0) is 4.79 Å². The van der Waals surface area contributed by atoms with Crippen molar-refractivity contribution in [2.45, 2.75) is 44.7 Å². The fourth-order valence-corrected chi connectivity index (χ4v) is 3.41. The molecule has 0 aromatic rings. The zero-order valence-corrected chi connectivity index (χ0v) is 9.41. The molecule has 0 radical (unpaired) electrons. The normalized spacial score (nSPS) is 40.3. The lowest BCUT2D eigenvalue weighted by Crippen LogP contribution is -2.47. The van der Waals surface area contributed by atoms with Gasteiger partial charge in [0.15, 0.2) is 0 Å². The quantitative estimate of drug-likeness (QED) is 0.697. The molecule has 0 aromatic carbocycles. The minimum atomic E-state index is 0.367. The van der Waals surface area contributed by atoms with Crippen LogP contribution in [0.1, 0.15) is 32.6 Å². The number of nitrogens with one attached hydrogen (secondary N) is 1. The highest BCUT2D eigenvalue weighted by Crippen LogP contribution is 2.37. The Morgan fingerprint density at radius 2 is 2.13 bits per heavy atom. The number of carbonyl (C=O) groups is 1. The van der Waals surface area contributed by atoms with Crippen LogP contribution in [0.3, 0.4) is 0 Å². The summed E-state index contributed by atoms with van der Waals surface area (Å²) in [4.78, 5) is 14.5. The molecule has 3 aliphatic rings. The van der Waals surface area contributed by atoms with E-state index in [1.165, 1.54) is 12.8 Å². The maximum atomic E-state index is 12.3. The average molecular weight is 208 g/mol. The highest BCUT2D eigenvalue weighted by molar-refractivity contribution is 5.80. The van der Waals surface area contributed by atoms with Gasteiger partial charge >= 0.3 is 0 Å². The topological polar surface area (TPSA) is 32.3 Å². The van der Waals surface area contributed by atoms with Gasteiger partial charge in [-0.25, -0.2) is 0 Å². The molecule has 0 aromatic heterocycles. The second kappa shape index (κ2) is 3.48. The lowest BCUT2D eigenvalue weighted by Gasteiger charge is -2.34. The van der Waals surface area contributed by atoms with Gasteiger partial charge in [0.05, 0.1) is 0 Å². The fourth-order valence-electron chi connectivity index (χ4n) is 3.41. The summed E-state index contributed by atoms with van der Waals surface area (Å²) in [6.45, 7) is 4.35. The van der Waals surface area contributed by atoms with Crippen LogP contribution in [-0.4, -0.2) is 36.0 Å². The van der Waals surface area contributed by atoms with Crippen molar-refractivity contribution in [1.82, 2.24) is 10.2 Å². The van der Waals surface area contributed by atoms with E-state index in [1.54, 1.807) is 0 Å². The second-order valence-corrected chi connectivity index (χ2v) is 5.44. The minimum Gasteiger partial charge on any atom is -0.335 e. The highest BCUT2D eigenvalue weighted by atomic mass is 16.2. The summed E-state index contributed by atoms with van der Waals surface area (Å²) in [6, 6.07) is 0.989. The van der Waals surface area contributed by atoms with Crippen LogP contribution < -0.4 is 5.32 Å². The Morgan fingerprint density at radius 3 is 2.80 bits per heavy atom. The molecule has 2 saturated heterocycles. The summed E-state index contributed by atoms with van der Waals surface area (Å²) in [5, 5.41) is 3.41. The molecule has 2 heterocycles. The average Bonchev–Trinajstić information content (AvgIpc) is 2.58. The molecule has 2 aliphatic heterocycles. The third-order valence-corrected chi connectivity index (χ3v) is 4.49. The van der Waals surface area contributed by atoms with E-state index in [0.29, 0.717) is 23.9 Å². The third kappa shape index (κ3) is 1.40. The third-order valence-electron chi connectivity index (χ3n) is 4.49. The van der Waals surface area contributed by atoms with Gasteiger partial charge in [0.2, 0.25) is 5.91 Å². The Labute approximate surface area is 91.2 Å². The number of hydrogen-bond acceptors (Lipinski definition) is 2. The van der Waals surface area contributed by atoms with E-state index in [9.17, 15) is 4.79 Å². The summed E-state index contributed by atoms with van der Waals surface area (Å²) in [5.74, 6) is 1.54. The van der Waals surface area contributed by atoms with E-state index < -0.39 is 0 Å². The van der Waals surface area contributed by atoms with E-state index in [-0.39, 0.29) is 0 Å². The minimum absolute atomic E-state index is 0.367. The zero-order chi connectivity index (χ0) is 10.4. The van der Waals surface area contributed by atoms with Gasteiger partial charge in [-0.3, -0.25) is 4.79 Å². The predicted molar refractivity (Wildman–Crippen MR) is 58.4 cm³/mol. The lowest BCUT2D eigenvalue weighted by molar-refractivity contribution is -0.140. The molecule has 1 amide bonds. The number of carbonyl (C=O) groups excluding carboxylic acids is 1. The van der Waals surface area contributed by atoms with Crippen molar-refractivity contribution >= 4 is 5.91 Å². The number of amides is 1. The first kappa shape index (κ1) is 9.64. The predicted octanol–water partition coefficient (Wildman–Crippen LogP) is 0.995. The van der Waals surface area contributed by atoms with Crippen molar-refractivity contribution in [2.75, 3.05) is 13.1 Å². The summed E-state index contributed by atoms with van der Waals surface area (Å²) >= 11 is 0. The maximum Gasteiger partial charge on any atom is 0.226 e. The summed E-state index contributed by atoms with van der Waals surface area (Å²) in [7, 11) is 0. The summed E-state index contributed by atoms with van der Waals surface area (Å²) < 4.78 is 0. The Bertz CT molecular complexity index is 275. The van der Waals surface area contributed by atoms with Crippen LogP contribution in [0.25, 0.3) is 0 Å². The molecule has 0 bridgehead atoms. The zero-order valence-electron chi connectivity index (χ0n) is 9.41. The number of likely N-dealkylation sites (tertiary alicyclic amines) is 1. The van der Waals surface area contributed by atoms with Crippen LogP contribution in [0.15, 0.2) is 0 Å². The van der Waals surface area contributed by atoms with Crippen molar-refractivity contribution in [1.29, 1.82) is 0 Å². The number of hydrogen-bond donors (Lipinski definition) is 1. The van der Waals surface area contributed by atoms with Crippen LogP contribution in [0.4, 0.5) is 0 Å². The molecule has 3 fully saturated rings. The van der Waals surface area contributed by atoms with Crippen LogP contribution in [0, 0.1) is 11.8 Å². The standard InChI is InChI=1S/C12H20N2O/c1-8-5-10-6-13-7-11(10)14(8)12(15)9-3-2-4-9/h8-11,13H,2-7H2,1H3. The van der Waals surface area contributed by atoms with Crippen LogP contribution in [0.5, 0.6) is 0 Å². The molecular formula is C12H20N2O. The van der Waals surface area contributed by atoms with E-state index in [0.717, 1.165) is 31.8 Å². The molecule has 15 heavy (non-hydrogen) atoms. The molecule has 0 spiro atoms. The Kier molecular flexibility index (Phi) is 2.23. The molecule has 1 aliphatic carbocycles. The summed E-state index contributed by atoms with van der Waals surface area (Å²) in [6.07, 6.45) is 4.72. The van der Waals surface area contributed by atoms with Crippen molar-refractivity contribution in [3.8, 4) is 0 Å². The molecule has 3 rings (SSSR count). The van der Waals surface area contributed by atoms with Crippen molar-refractivity contribution in [3.05, 3.63) is 0 Å². The number of nitrogens with zero attached hydrogens (tertiary/aromatic N) is 1. The van der Waals surface area contributed by atoms with Crippen molar-refractivity contribution < 1.29 is 4.79 Å². The van der Waals surface area contributed by atoms with Gasteiger partial charge in [0, 0.05) is 31.1 Å². The molecule has 3 atom stereocenters. The first-order valence-corrected chi connectivity index (χ1v) is 6.30. The van der Waals surface area contributed by atoms with Crippen molar-refractivity contribution in [3.63, 3.8) is 0 Å². The number of rotatable bonds is 1. The number of fused-ring (bicyclic) bond motifs is 1. The van der Waals surface area contributed by atoms with Crippen molar-refractivity contribution in [2.24, 2.45) is 11.8 Å². The Morgan fingerprint density at radius 1 is 1.33 bits per heavy atom. The van der Waals surface area contributed by atoms with Gasteiger partial charge in [-0.2, -0.15) is 0 Å². The Balaban J connectivity index is 1.75. The molecule has 3 nitrogen and oxygen atoms in total. The van der Waals surface area contributed by atoms with Gasteiger partial charge in [-0.05, 0) is 32.1 Å². The monoisotopic (exact) mass is 208 g/mol. The molecular weight excluding hydrogens is 188 g/mol. The molecule has 84 valence electrons. The van der Waals surface area contributed by atoms with E-state index >= 15 is 0 Å². The fraction of sp³-hybridized carbons (Fsp3) is 0.917. The molecule has 1 N–H and O–H groups in total. The molecule has 3 heteroatoms. The Hall–Kier alpha value is -0.570. The van der Waals surface area contributed by atoms with Gasteiger partial charge in [0.25, 0.3) is 0 Å². The lowest BCUT2D eigenvalue weighted by atomic mass is 9.84. The smallest absolute Gasteiger partial charge is 0.226 e. The van der Waals surface area contributed by atoms with E-state index in [2.05, 4.69) is 17.1 Å². The van der Waals surface area contributed by atoms with Gasteiger partial charge in [0.1, 0.15) is 0 Å². The van der Waals surface area contributed by atoms with Crippen LogP contribution in [0.2, 0.25) is 0 Å². The van der Waals surface area contributed by atoms with Gasteiger partial charge in [-0.15, -0.1) is 0 Å².